The normalized spacial score (nSPS) is 16.2. The number of hydrogen-bond donors (Lipinski definition) is 2. The summed E-state index contributed by atoms with van der Waals surface area (Å²) in [7, 11) is 0. The first-order valence-electron chi connectivity index (χ1n) is 8.72. The van der Waals surface area contributed by atoms with Crippen LogP contribution in [-0.4, -0.2) is 27.1 Å². The molecule has 2 aromatic rings. The van der Waals surface area contributed by atoms with Crippen molar-refractivity contribution in [3.05, 3.63) is 42.1 Å². The highest BCUT2D eigenvalue weighted by Crippen LogP contribution is 2.29. The van der Waals surface area contributed by atoms with Crippen LogP contribution in [0.25, 0.3) is 5.69 Å². The lowest BCUT2D eigenvalue weighted by atomic mass is 9.80. The van der Waals surface area contributed by atoms with E-state index in [-0.39, 0.29) is 11.8 Å². The summed E-state index contributed by atoms with van der Waals surface area (Å²) in [6.07, 6.45) is 4.29. The van der Waals surface area contributed by atoms with Crippen LogP contribution in [-0.2, 0) is 9.59 Å². The van der Waals surface area contributed by atoms with E-state index in [1.54, 1.807) is 4.68 Å². The van der Waals surface area contributed by atoms with Gasteiger partial charge >= 0.3 is 0 Å². The maximum Gasteiger partial charge on any atom is 0.251 e. The van der Waals surface area contributed by atoms with Gasteiger partial charge in [-0.05, 0) is 31.9 Å². The van der Waals surface area contributed by atoms with Gasteiger partial charge < -0.3 is 10.6 Å². The fourth-order valence-corrected chi connectivity index (χ4v) is 3.50. The van der Waals surface area contributed by atoms with Crippen molar-refractivity contribution < 1.29 is 9.59 Å². The lowest BCUT2D eigenvalue weighted by molar-refractivity contribution is -0.130. The van der Waals surface area contributed by atoms with Crippen LogP contribution < -0.4 is 10.6 Å². The lowest BCUT2D eigenvalue weighted by Gasteiger charge is -2.36. The van der Waals surface area contributed by atoms with Crippen molar-refractivity contribution in [3.8, 4) is 5.69 Å². The van der Waals surface area contributed by atoms with Gasteiger partial charge in [0.25, 0.3) is 5.91 Å². The molecule has 2 amide bonds. The zero-order valence-corrected chi connectivity index (χ0v) is 14.7. The minimum atomic E-state index is -0.825. The van der Waals surface area contributed by atoms with Gasteiger partial charge in [0.15, 0.2) is 5.82 Å². The summed E-state index contributed by atoms with van der Waals surface area (Å²) in [5.74, 6) is 0.143. The Kier molecular flexibility index (Phi) is 4.88. The number of aromatic nitrogens is 2. The van der Waals surface area contributed by atoms with Crippen molar-refractivity contribution in [2.75, 3.05) is 5.32 Å². The van der Waals surface area contributed by atoms with Crippen molar-refractivity contribution in [2.45, 2.75) is 51.5 Å². The third kappa shape index (κ3) is 3.73. The van der Waals surface area contributed by atoms with Gasteiger partial charge in [-0.1, -0.05) is 37.5 Å². The van der Waals surface area contributed by atoms with E-state index in [2.05, 4.69) is 15.7 Å². The third-order valence-electron chi connectivity index (χ3n) is 4.69. The summed E-state index contributed by atoms with van der Waals surface area (Å²) in [6, 6.07) is 11.6. The zero-order chi connectivity index (χ0) is 17.9. The number of benzene rings is 1. The molecular weight excluding hydrogens is 316 g/mol. The molecule has 25 heavy (non-hydrogen) atoms. The Morgan fingerprint density at radius 1 is 1.12 bits per heavy atom. The predicted molar refractivity (Wildman–Crippen MR) is 96.6 cm³/mol. The maximum atomic E-state index is 12.9. The average molecular weight is 340 g/mol. The van der Waals surface area contributed by atoms with E-state index in [4.69, 9.17) is 0 Å². The van der Waals surface area contributed by atoms with Gasteiger partial charge in [0, 0.05) is 18.7 Å². The SMILES string of the molecule is CC(=O)NC1(C(=O)Nc2cc(C)n(-c3ccccc3)n2)CCCCC1. The fraction of sp³-hybridized carbons (Fsp3) is 0.421. The summed E-state index contributed by atoms with van der Waals surface area (Å²) in [6.45, 7) is 3.40. The number of hydrogen-bond acceptors (Lipinski definition) is 3. The van der Waals surface area contributed by atoms with Crippen molar-refractivity contribution >= 4 is 17.6 Å². The van der Waals surface area contributed by atoms with Crippen LogP contribution in [0.4, 0.5) is 5.82 Å². The van der Waals surface area contributed by atoms with Gasteiger partial charge in [-0.3, -0.25) is 9.59 Å². The molecule has 0 atom stereocenters. The number of aryl methyl sites for hydroxylation is 1. The van der Waals surface area contributed by atoms with Crippen molar-refractivity contribution in [2.24, 2.45) is 0 Å². The van der Waals surface area contributed by atoms with Crippen LogP contribution >= 0.6 is 0 Å². The minimum absolute atomic E-state index is 0.178. The Labute approximate surface area is 147 Å². The van der Waals surface area contributed by atoms with Crippen molar-refractivity contribution in [1.29, 1.82) is 0 Å². The van der Waals surface area contributed by atoms with Crippen molar-refractivity contribution in [3.63, 3.8) is 0 Å². The highest BCUT2D eigenvalue weighted by molar-refractivity contribution is 5.99. The smallest absolute Gasteiger partial charge is 0.251 e. The molecule has 0 aliphatic heterocycles. The number of carbonyl (C=O) groups excluding carboxylic acids is 2. The molecule has 1 saturated carbocycles. The highest BCUT2D eigenvalue weighted by atomic mass is 16.2. The molecule has 1 aromatic carbocycles. The molecule has 0 saturated heterocycles. The predicted octanol–water partition coefficient (Wildman–Crippen LogP) is 2.96. The highest BCUT2D eigenvalue weighted by Gasteiger charge is 2.40. The standard InChI is InChI=1S/C19H24N4O2/c1-14-13-17(22-23(14)16-9-5-3-6-10-16)20-18(25)19(21-15(2)24)11-7-4-8-12-19/h3,5-6,9-10,13H,4,7-8,11-12H2,1-2H3,(H,21,24)(H,20,22,25). The molecule has 1 aliphatic carbocycles. The largest absolute Gasteiger partial charge is 0.342 e. The van der Waals surface area contributed by atoms with Crippen molar-refractivity contribution in [1.82, 2.24) is 15.1 Å². The van der Waals surface area contributed by atoms with E-state index in [1.165, 1.54) is 6.92 Å². The fourth-order valence-electron chi connectivity index (χ4n) is 3.50. The summed E-state index contributed by atoms with van der Waals surface area (Å²) >= 11 is 0. The molecule has 0 unspecified atom stereocenters. The van der Waals surface area contributed by atoms with Crippen LogP contribution in [0.2, 0.25) is 0 Å². The number of para-hydroxylation sites is 1. The first kappa shape index (κ1) is 17.2. The van der Waals surface area contributed by atoms with Gasteiger partial charge in [-0.15, -0.1) is 5.10 Å². The van der Waals surface area contributed by atoms with Crippen LogP contribution in [0.1, 0.15) is 44.7 Å². The topological polar surface area (TPSA) is 76.0 Å². The Bertz CT molecular complexity index is 761. The Hall–Kier alpha value is -2.63. The summed E-state index contributed by atoms with van der Waals surface area (Å²) in [5.41, 5.74) is 1.04. The number of rotatable bonds is 4. The van der Waals surface area contributed by atoms with E-state index in [0.717, 1.165) is 30.6 Å². The second kappa shape index (κ2) is 7.09. The molecule has 2 N–H and O–H groups in total. The second-order valence-corrected chi connectivity index (χ2v) is 6.70. The molecule has 132 valence electrons. The lowest BCUT2D eigenvalue weighted by Crippen LogP contribution is -2.57. The van der Waals surface area contributed by atoms with Crippen LogP contribution in [0.5, 0.6) is 0 Å². The summed E-state index contributed by atoms with van der Waals surface area (Å²) in [4.78, 5) is 24.5. The van der Waals surface area contributed by atoms with Gasteiger partial charge in [-0.2, -0.15) is 0 Å². The van der Waals surface area contributed by atoms with Crippen LogP contribution in [0.15, 0.2) is 36.4 Å². The number of nitrogens with one attached hydrogen (secondary N) is 2. The average Bonchev–Trinajstić information content (AvgIpc) is 2.96. The van der Waals surface area contributed by atoms with E-state index in [9.17, 15) is 9.59 Å². The number of anilines is 1. The summed E-state index contributed by atoms with van der Waals surface area (Å²) < 4.78 is 1.79. The van der Waals surface area contributed by atoms with Gasteiger partial charge in [-0.25, -0.2) is 4.68 Å². The molecule has 6 heteroatoms. The number of carbonyl (C=O) groups is 2. The second-order valence-electron chi connectivity index (χ2n) is 6.70. The molecule has 1 heterocycles. The molecule has 6 nitrogen and oxygen atoms in total. The first-order chi connectivity index (χ1) is 12.0. The Morgan fingerprint density at radius 3 is 2.44 bits per heavy atom. The number of nitrogens with zero attached hydrogens (tertiary/aromatic N) is 2. The molecular formula is C19H24N4O2. The van der Waals surface area contributed by atoms with Gasteiger partial charge in [0.05, 0.1) is 5.69 Å². The Morgan fingerprint density at radius 2 is 1.80 bits per heavy atom. The summed E-state index contributed by atoms with van der Waals surface area (Å²) in [5, 5.41) is 10.3. The maximum absolute atomic E-state index is 12.9. The van der Waals surface area contributed by atoms with E-state index in [0.29, 0.717) is 18.7 Å². The first-order valence-corrected chi connectivity index (χ1v) is 8.72. The molecule has 1 fully saturated rings. The van der Waals surface area contributed by atoms with Crippen LogP contribution in [0, 0.1) is 6.92 Å². The van der Waals surface area contributed by atoms with E-state index >= 15 is 0 Å². The molecule has 1 aromatic heterocycles. The minimum Gasteiger partial charge on any atom is -0.342 e. The molecule has 0 spiro atoms. The molecule has 3 rings (SSSR count). The molecule has 0 bridgehead atoms. The van der Waals surface area contributed by atoms with E-state index < -0.39 is 5.54 Å². The quantitative estimate of drug-likeness (QED) is 0.898. The molecule has 0 radical (unpaired) electrons. The van der Waals surface area contributed by atoms with Gasteiger partial charge in [0.1, 0.15) is 5.54 Å². The van der Waals surface area contributed by atoms with Crippen LogP contribution in [0.3, 0.4) is 0 Å². The Balaban J connectivity index is 1.81. The third-order valence-corrected chi connectivity index (χ3v) is 4.69. The molecule has 1 aliphatic rings. The van der Waals surface area contributed by atoms with E-state index in [1.807, 2.05) is 43.3 Å². The van der Waals surface area contributed by atoms with Gasteiger partial charge in [0.2, 0.25) is 5.91 Å². The monoisotopic (exact) mass is 340 g/mol. The zero-order valence-electron chi connectivity index (χ0n) is 14.7. The number of amides is 2.